The molecule has 0 aromatic rings. The van der Waals surface area contributed by atoms with Gasteiger partial charge in [0, 0.05) is 16.3 Å². The zero-order valence-corrected chi connectivity index (χ0v) is 40.2. The molecule has 6 heteroatoms. The van der Waals surface area contributed by atoms with Crippen molar-refractivity contribution in [2.75, 3.05) is 24.6 Å². The first-order valence-corrected chi connectivity index (χ1v) is 25.3. The van der Waals surface area contributed by atoms with Crippen molar-refractivity contribution in [3.8, 4) is 0 Å². The third kappa shape index (κ3) is 104. The average molecular weight is 785 g/mol. The van der Waals surface area contributed by atoms with Gasteiger partial charge in [-0.25, -0.2) is 0 Å². The molecule has 0 aromatic heterocycles. The number of unbranched alkanes of at least 4 members (excludes halogenated alkanes) is 20. The Kier molecular flexibility index (Phi) is 105. The zero-order chi connectivity index (χ0) is 39.8. The summed E-state index contributed by atoms with van der Waals surface area (Å²) in [5.41, 5.74) is 0. The second-order valence-corrected chi connectivity index (χ2v) is 17.1. The van der Waals surface area contributed by atoms with Crippen molar-refractivity contribution in [3.05, 3.63) is 25.7 Å². The molecule has 0 atom stereocenters. The van der Waals surface area contributed by atoms with E-state index in [1.807, 2.05) is 81.1 Å². The Morgan fingerprint density at radius 3 is 0.580 bits per heavy atom. The molecule has 0 saturated heterocycles. The second kappa shape index (κ2) is 79.2. The molecule has 0 radical (unpaired) electrons. The summed E-state index contributed by atoms with van der Waals surface area (Å²) in [6, 6.07) is 0. The Morgan fingerprint density at radius 2 is 0.440 bits per heavy atom. The summed E-state index contributed by atoms with van der Waals surface area (Å²) in [5.74, 6) is 0. The Morgan fingerprint density at radius 1 is 0.320 bits per heavy atom. The summed E-state index contributed by atoms with van der Waals surface area (Å²) in [5, 5.41) is 0. The molecule has 0 rings (SSSR count). The van der Waals surface area contributed by atoms with E-state index in [4.69, 9.17) is 3.32 Å². The maximum absolute atomic E-state index is 9.92. The molecule has 2 N–H and O–H groups in total. The van der Waals surface area contributed by atoms with Crippen molar-refractivity contribution in [2.45, 2.75) is 237 Å². The molecule has 0 aliphatic carbocycles. The Bertz CT molecular complexity index is 373. The van der Waals surface area contributed by atoms with Crippen molar-refractivity contribution < 1.29 is 33.5 Å². The first-order valence-electron chi connectivity index (χ1n) is 21.3. The van der Waals surface area contributed by atoms with Gasteiger partial charge in [0.05, 0.1) is 0 Å². The molecule has 0 bridgehead atoms. The fraction of sp³-hybridized carbons (Fsp3) is 0.909. The van der Waals surface area contributed by atoms with Gasteiger partial charge < -0.3 is 35.5 Å². The van der Waals surface area contributed by atoms with Crippen LogP contribution in [-0.4, -0.2) is 34.4 Å². The van der Waals surface area contributed by atoms with Crippen LogP contribution in [0.1, 0.15) is 237 Å². The van der Waals surface area contributed by atoms with Gasteiger partial charge >= 0.3 is 23.7 Å². The van der Waals surface area contributed by atoms with Crippen LogP contribution in [0.5, 0.6) is 0 Å². The number of hydrogen-bond donors (Lipinski definition) is 2. The second-order valence-electron chi connectivity index (χ2n) is 13.3. The molecule has 0 aliphatic rings. The van der Waals surface area contributed by atoms with Crippen molar-refractivity contribution in [2.24, 2.45) is 0 Å². The van der Waals surface area contributed by atoms with E-state index >= 15 is 0 Å². The van der Waals surface area contributed by atoms with Gasteiger partial charge in [0.15, 0.2) is 0 Å². The minimum absolute atomic E-state index is 0.630. The van der Waals surface area contributed by atoms with Crippen LogP contribution in [0.25, 0.3) is 0 Å². The van der Waals surface area contributed by atoms with Crippen LogP contribution in [-0.2, 0) is 23.7 Å². The summed E-state index contributed by atoms with van der Waals surface area (Å²) < 4.78 is 8.25. The first-order chi connectivity index (χ1) is 24.3. The van der Waals surface area contributed by atoms with E-state index in [0.717, 1.165) is 45.1 Å². The summed E-state index contributed by atoms with van der Waals surface area (Å²) >= 11 is 0.750. The van der Waals surface area contributed by atoms with Crippen LogP contribution in [0.2, 0.25) is 0 Å². The van der Waals surface area contributed by atoms with Gasteiger partial charge in [-0.15, -0.1) is 0 Å². The minimum atomic E-state index is -0.630. The molecule has 0 spiro atoms. The van der Waals surface area contributed by atoms with Crippen LogP contribution in [0.15, 0.2) is 0 Å². The van der Waals surface area contributed by atoms with E-state index in [-0.39, 0.29) is 0 Å². The molecule has 0 amide bonds. The van der Waals surface area contributed by atoms with Gasteiger partial charge in [-0.2, -0.15) is 55.4 Å². The monoisotopic (exact) mass is 785 g/mol. The molecule has 0 unspecified atom stereocenters. The van der Waals surface area contributed by atoms with Crippen LogP contribution >= 0.6 is 16.3 Å². The van der Waals surface area contributed by atoms with Gasteiger partial charge in [-0.1, -0.05) is 156 Å². The quantitative estimate of drug-likeness (QED) is 0.0360. The SMILES string of the molecule is CCCCCCCCP(O)CCCCCCCC.CCCCCCCCP(O)CCCCCCCC.C[CH-]C.C[CH-]C.C[CH-]C.C[CH-]C.[O]=[Ti]. The molecule has 0 saturated carbocycles. The summed E-state index contributed by atoms with van der Waals surface area (Å²) in [7, 11) is -1.26. The van der Waals surface area contributed by atoms with E-state index in [1.54, 1.807) is 0 Å². The molecule has 0 aromatic carbocycles. The first kappa shape index (κ1) is 66.1. The van der Waals surface area contributed by atoms with Gasteiger partial charge in [0.25, 0.3) is 0 Å². The van der Waals surface area contributed by atoms with E-state index in [2.05, 4.69) is 27.7 Å². The van der Waals surface area contributed by atoms with Gasteiger partial charge in [-0.3, -0.25) is 0 Å². The molecular formula is C44H98O3P2Ti-4. The average Bonchev–Trinajstić information content (AvgIpc) is 3.10. The van der Waals surface area contributed by atoms with Crippen LogP contribution in [0.3, 0.4) is 0 Å². The van der Waals surface area contributed by atoms with E-state index < -0.39 is 16.3 Å². The Hall–Kier alpha value is 1.29. The van der Waals surface area contributed by atoms with Gasteiger partial charge in [0.1, 0.15) is 0 Å². The van der Waals surface area contributed by atoms with Crippen LogP contribution in [0.4, 0.5) is 0 Å². The van der Waals surface area contributed by atoms with Crippen molar-refractivity contribution in [1.82, 2.24) is 0 Å². The van der Waals surface area contributed by atoms with E-state index in [0.29, 0.717) is 0 Å². The number of hydrogen-bond acceptors (Lipinski definition) is 3. The molecule has 3 nitrogen and oxygen atoms in total. The topological polar surface area (TPSA) is 57.5 Å². The van der Waals surface area contributed by atoms with E-state index in [1.165, 1.54) is 154 Å². The van der Waals surface area contributed by atoms with Crippen molar-refractivity contribution in [1.29, 1.82) is 0 Å². The van der Waals surface area contributed by atoms with Gasteiger partial charge in [0.2, 0.25) is 0 Å². The molecule has 0 heterocycles. The normalized spacial score (nSPS) is 9.66. The molecule has 0 fully saturated rings. The zero-order valence-electron chi connectivity index (χ0n) is 36.8. The predicted octanol–water partition coefficient (Wildman–Crippen LogP) is 17.0. The summed E-state index contributed by atoms with van der Waals surface area (Å²) in [6.07, 6.45) is 44.5. The van der Waals surface area contributed by atoms with Crippen molar-refractivity contribution in [3.63, 3.8) is 0 Å². The van der Waals surface area contributed by atoms with Crippen LogP contribution in [0, 0.1) is 25.7 Å². The van der Waals surface area contributed by atoms with Crippen LogP contribution < -0.4 is 0 Å². The van der Waals surface area contributed by atoms with E-state index in [9.17, 15) is 9.79 Å². The van der Waals surface area contributed by atoms with Crippen molar-refractivity contribution >= 4 is 16.3 Å². The molecule has 0 aliphatic heterocycles. The Labute approximate surface area is 335 Å². The molecule has 50 heavy (non-hydrogen) atoms. The Balaban J connectivity index is -0.000000108. The standard InChI is InChI=1S/2C16H35OP.4C3H7.O.Ti/c2*1-3-5-7-9-11-13-15-18(17)16-14-12-10-8-6-4-2;4*1-3-2;;/h2*17H,3-16H2,1-2H3;4*3H,1-2H3;;/q;;4*-1;;. The fourth-order valence-electron chi connectivity index (χ4n) is 4.52. The number of rotatable bonds is 28. The predicted molar refractivity (Wildman–Crippen MR) is 235 cm³/mol. The molecule has 310 valence electrons. The third-order valence-corrected chi connectivity index (χ3v) is 10.4. The van der Waals surface area contributed by atoms with Gasteiger partial charge in [-0.05, 0) is 50.3 Å². The summed E-state index contributed by atoms with van der Waals surface area (Å²) in [6.45, 7) is 25.0. The third-order valence-electron chi connectivity index (χ3n) is 7.08. The molecular weight excluding hydrogens is 686 g/mol. The summed E-state index contributed by atoms with van der Waals surface area (Å²) in [4.78, 5) is 19.8. The maximum atomic E-state index is 9.92. The fourth-order valence-corrected chi connectivity index (χ4v) is 7.32.